The molecule has 20 heavy (non-hydrogen) atoms. The Balaban J connectivity index is 2.36. The molecule has 1 unspecified atom stereocenters. The van der Waals surface area contributed by atoms with Gasteiger partial charge in [-0.2, -0.15) is 0 Å². The highest BCUT2D eigenvalue weighted by Gasteiger charge is 2.25. The van der Waals surface area contributed by atoms with Crippen LogP contribution in [0.5, 0.6) is 0 Å². The predicted octanol–water partition coefficient (Wildman–Crippen LogP) is 2.53. The molecule has 2 N–H and O–H groups in total. The van der Waals surface area contributed by atoms with Crippen molar-refractivity contribution in [3.63, 3.8) is 0 Å². The maximum atomic E-state index is 12.6. The van der Waals surface area contributed by atoms with Crippen LogP contribution in [0.4, 0.5) is 0 Å². The standard InChI is InChI=1S/C16H21N3O/c1-9-7-12(10(2)17)14-13(8-9)16(20)19(3)15(18-14)11-5-4-6-11/h7-8,10-11H,4-6,17H2,1-3H3. The summed E-state index contributed by atoms with van der Waals surface area (Å²) in [6.45, 7) is 3.93. The lowest BCUT2D eigenvalue weighted by molar-refractivity contribution is 0.388. The van der Waals surface area contributed by atoms with Crippen molar-refractivity contribution in [1.29, 1.82) is 0 Å². The number of rotatable bonds is 2. The Morgan fingerprint density at radius 3 is 2.65 bits per heavy atom. The monoisotopic (exact) mass is 271 g/mol. The summed E-state index contributed by atoms with van der Waals surface area (Å²) in [6, 6.07) is 3.84. The third kappa shape index (κ3) is 1.95. The molecule has 1 aliphatic rings. The van der Waals surface area contributed by atoms with Crippen LogP contribution in [0.25, 0.3) is 10.9 Å². The molecule has 1 atom stereocenters. The van der Waals surface area contributed by atoms with Crippen molar-refractivity contribution in [1.82, 2.24) is 9.55 Å². The van der Waals surface area contributed by atoms with Crippen LogP contribution >= 0.6 is 0 Å². The number of hydrogen-bond donors (Lipinski definition) is 1. The molecule has 4 nitrogen and oxygen atoms in total. The molecule has 1 heterocycles. The number of fused-ring (bicyclic) bond motifs is 1. The van der Waals surface area contributed by atoms with E-state index < -0.39 is 0 Å². The molecule has 2 aromatic rings. The van der Waals surface area contributed by atoms with Crippen molar-refractivity contribution in [2.24, 2.45) is 12.8 Å². The zero-order valence-corrected chi connectivity index (χ0v) is 12.3. The summed E-state index contributed by atoms with van der Waals surface area (Å²) in [5.74, 6) is 1.35. The lowest BCUT2D eigenvalue weighted by Gasteiger charge is -2.27. The average Bonchev–Trinajstić information content (AvgIpc) is 2.33. The van der Waals surface area contributed by atoms with Crippen molar-refractivity contribution in [3.8, 4) is 0 Å². The van der Waals surface area contributed by atoms with Crippen molar-refractivity contribution in [2.45, 2.75) is 45.1 Å². The Morgan fingerprint density at radius 2 is 2.10 bits per heavy atom. The molecule has 0 radical (unpaired) electrons. The smallest absolute Gasteiger partial charge is 0.261 e. The van der Waals surface area contributed by atoms with Gasteiger partial charge < -0.3 is 5.73 Å². The summed E-state index contributed by atoms with van der Waals surface area (Å²) >= 11 is 0. The van der Waals surface area contributed by atoms with Crippen LogP contribution in [0.2, 0.25) is 0 Å². The molecule has 0 saturated heterocycles. The van der Waals surface area contributed by atoms with E-state index >= 15 is 0 Å². The van der Waals surface area contributed by atoms with Crippen molar-refractivity contribution in [3.05, 3.63) is 39.4 Å². The summed E-state index contributed by atoms with van der Waals surface area (Å²) in [5, 5.41) is 0.683. The van der Waals surface area contributed by atoms with Gasteiger partial charge in [-0.05, 0) is 43.9 Å². The fourth-order valence-electron chi connectivity index (χ4n) is 2.95. The number of hydrogen-bond acceptors (Lipinski definition) is 3. The molecule has 0 aliphatic heterocycles. The topological polar surface area (TPSA) is 60.9 Å². The third-order valence-corrected chi connectivity index (χ3v) is 4.35. The lowest BCUT2D eigenvalue weighted by atomic mass is 9.84. The van der Waals surface area contributed by atoms with E-state index in [1.807, 2.05) is 33.0 Å². The second-order valence-electron chi connectivity index (χ2n) is 6.00. The summed E-state index contributed by atoms with van der Waals surface area (Å²) < 4.78 is 1.72. The fourth-order valence-corrected chi connectivity index (χ4v) is 2.95. The van der Waals surface area contributed by atoms with E-state index in [0.717, 1.165) is 35.3 Å². The summed E-state index contributed by atoms with van der Waals surface area (Å²) in [4.78, 5) is 17.4. The zero-order chi connectivity index (χ0) is 14.4. The second kappa shape index (κ2) is 4.70. The van der Waals surface area contributed by atoms with Crippen LogP contribution < -0.4 is 11.3 Å². The van der Waals surface area contributed by atoms with E-state index in [0.29, 0.717) is 11.3 Å². The van der Waals surface area contributed by atoms with Gasteiger partial charge in [0.05, 0.1) is 10.9 Å². The molecule has 106 valence electrons. The van der Waals surface area contributed by atoms with E-state index in [2.05, 4.69) is 0 Å². The van der Waals surface area contributed by atoms with Crippen LogP contribution in [0, 0.1) is 6.92 Å². The Kier molecular flexibility index (Phi) is 3.13. The van der Waals surface area contributed by atoms with Gasteiger partial charge in [0.25, 0.3) is 5.56 Å². The van der Waals surface area contributed by atoms with Crippen molar-refractivity contribution in [2.75, 3.05) is 0 Å². The third-order valence-electron chi connectivity index (χ3n) is 4.35. The first-order valence-corrected chi connectivity index (χ1v) is 7.25. The number of nitrogens with two attached hydrogens (primary N) is 1. The Bertz CT molecular complexity index is 727. The maximum Gasteiger partial charge on any atom is 0.261 e. The molecule has 0 bridgehead atoms. The van der Waals surface area contributed by atoms with Gasteiger partial charge in [0.2, 0.25) is 0 Å². The predicted molar refractivity (Wildman–Crippen MR) is 80.9 cm³/mol. The largest absolute Gasteiger partial charge is 0.324 e. The van der Waals surface area contributed by atoms with E-state index in [4.69, 9.17) is 10.7 Å². The molecular weight excluding hydrogens is 250 g/mol. The summed E-state index contributed by atoms with van der Waals surface area (Å²) in [6.07, 6.45) is 3.49. The van der Waals surface area contributed by atoms with E-state index in [-0.39, 0.29) is 11.6 Å². The highest BCUT2D eigenvalue weighted by molar-refractivity contribution is 5.82. The van der Waals surface area contributed by atoms with E-state index in [1.54, 1.807) is 4.57 Å². The molecule has 4 heteroatoms. The minimum absolute atomic E-state index is 0.0440. The quantitative estimate of drug-likeness (QED) is 0.913. The van der Waals surface area contributed by atoms with Crippen LogP contribution in [0.1, 0.15) is 55.1 Å². The van der Waals surface area contributed by atoms with Crippen LogP contribution in [0.3, 0.4) is 0 Å². The molecular formula is C16H21N3O. The van der Waals surface area contributed by atoms with Gasteiger partial charge in [-0.15, -0.1) is 0 Å². The fraction of sp³-hybridized carbons (Fsp3) is 0.500. The number of aromatic nitrogens is 2. The lowest BCUT2D eigenvalue weighted by Crippen LogP contribution is -2.27. The minimum atomic E-state index is -0.119. The summed E-state index contributed by atoms with van der Waals surface area (Å²) in [7, 11) is 1.83. The zero-order valence-electron chi connectivity index (χ0n) is 12.3. The van der Waals surface area contributed by atoms with Gasteiger partial charge in [0.1, 0.15) is 5.82 Å². The second-order valence-corrected chi connectivity index (χ2v) is 6.00. The highest BCUT2D eigenvalue weighted by atomic mass is 16.1. The molecule has 1 fully saturated rings. The molecule has 0 spiro atoms. The Morgan fingerprint density at radius 1 is 1.40 bits per heavy atom. The number of benzene rings is 1. The van der Waals surface area contributed by atoms with Gasteiger partial charge in [0, 0.05) is 19.0 Å². The molecule has 1 aromatic heterocycles. The van der Waals surface area contributed by atoms with Crippen LogP contribution in [-0.2, 0) is 7.05 Å². The normalized spacial score (nSPS) is 17.2. The van der Waals surface area contributed by atoms with Gasteiger partial charge in [-0.1, -0.05) is 12.5 Å². The highest BCUT2D eigenvalue weighted by Crippen LogP contribution is 2.35. The van der Waals surface area contributed by atoms with Gasteiger partial charge in [0.15, 0.2) is 0 Å². The minimum Gasteiger partial charge on any atom is -0.324 e. The number of nitrogens with zero attached hydrogens (tertiary/aromatic N) is 2. The Hall–Kier alpha value is -1.68. The van der Waals surface area contributed by atoms with Crippen molar-refractivity contribution >= 4 is 10.9 Å². The first-order chi connectivity index (χ1) is 9.49. The number of aryl methyl sites for hydroxylation is 1. The Labute approximate surface area is 118 Å². The first kappa shape index (κ1) is 13.3. The van der Waals surface area contributed by atoms with E-state index in [9.17, 15) is 4.79 Å². The average molecular weight is 271 g/mol. The molecule has 1 saturated carbocycles. The first-order valence-electron chi connectivity index (χ1n) is 7.25. The van der Waals surface area contributed by atoms with Crippen LogP contribution in [-0.4, -0.2) is 9.55 Å². The van der Waals surface area contributed by atoms with Gasteiger partial charge in [-0.3, -0.25) is 9.36 Å². The van der Waals surface area contributed by atoms with Gasteiger partial charge >= 0.3 is 0 Å². The molecule has 1 aromatic carbocycles. The summed E-state index contributed by atoms with van der Waals surface area (Å²) in [5.41, 5.74) is 8.92. The van der Waals surface area contributed by atoms with E-state index in [1.165, 1.54) is 6.42 Å². The SMILES string of the molecule is Cc1cc(C(C)N)c2nc(C3CCC3)n(C)c(=O)c2c1. The molecule has 1 aliphatic carbocycles. The van der Waals surface area contributed by atoms with Gasteiger partial charge in [-0.25, -0.2) is 4.98 Å². The molecule has 3 rings (SSSR count). The molecule has 0 amide bonds. The van der Waals surface area contributed by atoms with Crippen molar-refractivity contribution < 1.29 is 0 Å². The van der Waals surface area contributed by atoms with Crippen LogP contribution in [0.15, 0.2) is 16.9 Å². The maximum absolute atomic E-state index is 12.6.